The van der Waals surface area contributed by atoms with Crippen LogP contribution in [-0.4, -0.2) is 50.0 Å². The molecule has 5 nitrogen and oxygen atoms in total. The van der Waals surface area contributed by atoms with Gasteiger partial charge in [-0.2, -0.15) is 0 Å². The second-order valence-corrected chi connectivity index (χ2v) is 5.40. The number of piperidine rings is 1. The van der Waals surface area contributed by atoms with Gasteiger partial charge in [-0.15, -0.1) is 0 Å². The van der Waals surface area contributed by atoms with Gasteiger partial charge >= 0.3 is 0 Å². The molecular formula is C15H30N4O. The number of nitrogens with zero attached hydrogens (tertiary/aromatic N) is 2. The van der Waals surface area contributed by atoms with Gasteiger partial charge in [0, 0.05) is 39.6 Å². The highest BCUT2D eigenvalue weighted by molar-refractivity contribution is 5.80. The summed E-state index contributed by atoms with van der Waals surface area (Å²) in [4.78, 5) is 18.4. The van der Waals surface area contributed by atoms with Gasteiger partial charge in [-0.25, -0.2) is 0 Å². The minimum atomic E-state index is 0.159. The van der Waals surface area contributed by atoms with Gasteiger partial charge in [-0.1, -0.05) is 13.3 Å². The summed E-state index contributed by atoms with van der Waals surface area (Å²) in [6.45, 7) is 8.10. The molecule has 0 saturated carbocycles. The number of nitrogens with one attached hydrogen (secondary N) is 2. The molecule has 5 heteroatoms. The third-order valence-electron chi connectivity index (χ3n) is 3.78. The molecule has 1 aliphatic rings. The van der Waals surface area contributed by atoms with Crippen LogP contribution in [0.2, 0.25) is 0 Å². The first-order valence-electron chi connectivity index (χ1n) is 7.95. The van der Waals surface area contributed by atoms with Gasteiger partial charge in [0.25, 0.3) is 0 Å². The molecule has 0 aliphatic carbocycles. The lowest BCUT2D eigenvalue weighted by atomic mass is 9.93. The lowest BCUT2D eigenvalue weighted by molar-refractivity contribution is -0.121. The zero-order valence-electron chi connectivity index (χ0n) is 13.2. The second kappa shape index (κ2) is 9.61. The summed E-state index contributed by atoms with van der Waals surface area (Å²) in [5.74, 6) is 1.72. The smallest absolute Gasteiger partial charge is 0.220 e. The Morgan fingerprint density at radius 3 is 2.55 bits per heavy atom. The maximum absolute atomic E-state index is 11.4. The first-order chi connectivity index (χ1) is 9.71. The molecule has 1 saturated heterocycles. The number of hydrogen-bond donors (Lipinski definition) is 2. The Balaban J connectivity index is 2.43. The zero-order chi connectivity index (χ0) is 14.8. The van der Waals surface area contributed by atoms with Crippen molar-refractivity contribution in [2.45, 2.75) is 46.0 Å². The Morgan fingerprint density at radius 2 is 2.00 bits per heavy atom. The molecular weight excluding hydrogens is 252 g/mol. The van der Waals surface area contributed by atoms with Gasteiger partial charge in [0.15, 0.2) is 5.96 Å². The van der Waals surface area contributed by atoms with Gasteiger partial charge in [0.1, 0.15) is 0 Å². The third-order valence-corrected chi connectivity index (χ3v) is 3.78. The summed E-state index contributed by atoms with van der Waals surface area (Å²) < 4.78 is 0. The van der Waals surface area contributed by atoms with E-state index < -0.39 is 0 Å². The molecule has 1 aliphatic heterocycles. The van der Waals surface area contributed by atoms with Crippen LogP contribution in [0, 0.1) is 5.92 Å². The number of rotatable bonds is 6. The number of aliphatic imine (C=N–C) groups is 1. The molecule has 116 valence electrons. The van der Waals surface area contributed by atoms with Crippen molar-refractivity contribution in [3.8, 4) is 0 Å². The van der Waals surface area contributed by atoms with Crippen LogP contribution in [0.15, 0.2) is 4.99 Å². The molecule has 2 N–H and O–H groups in total. The monoisotopic (exact) mass is 282 g/mol. The number of carbonyl (C=O) groups excluding carboxylic acids is 1. The van der Waals surface area contributed by atoms with Crippen molar-refractivity contribution in [1.29, 1.82) is 0 Å². The molecule has 1 rings (SSSR count). The van der Waals surface area contributed by atoms with Crippen LogP contribution in [0.25, 0.3) is 0 Å². The van der Waals surface area contributed by atoms with E-state index in [1.807, 2.05) is 0 Å². The largest absolute Gasteiger partial charge is 0.359 e. The predicted molar refractivity (Wildman–Crippen MR) is 83.9 cm³/mol. The number of guanidine groups is 1. The van der Waals surface area contributed by atoms with E-state index in [1.165, 1.54) is 6.42 Å². The first-order valence-corrected chi connectivity index (χ1v) is 7.95. The van der Waals surface area contributed by atoms with Crippen molar-refractivity contribution in [2.24, 2.45) is 10.9 Å². The average molecular weight is 282 g/mol. The number of unbranched alkanes of at least 4 members (excludes halogenated alkanes) is 1. The molecule has 1 heterocycles. The van der Waals surface area contributed by atoms with Gasteiger partial charge in [-0.05, 0) is 32.1 Å². The van der Waals surface area contributed by atoms with Gasteiger partial charge < -0.3 is 15.5 Å². The lowest BCUT2D eigenvalue weighted by Crippen LogP contribution is -2.46. The van der Waals surface area contributed by atoms with Crippen molar-refractivity contribution in [2.75, 3.05) is 33.2 Å². The molecule has 0 atom stereocenters. The number of likely N-dealkylation sites (tertiary alicyclic amines) is 1. The summed E-state index contributed by atoms with van der Waals surface area (Å²) in [5, 5.41) is 6.09. The Bertz CT molecular complexity index is 309. The van der Waals surface area contributed by atoms with Crippen LogP contribution in [0.3, 0.4) is 0 Å². The molecule has 0 spiro atoms. The van der Waals surface area contributed by atoms with E-state index >= 15 is 0 Å². The Morgan fingerprint density at radius 1 is 1.30 bits per heavy atom. The fourth-order valence-corrected chi connectivity index (χ4v) is 2.48. The molecule has 0 radical (unpaired) electrons. The molecule has 1 amide bonds. The van der Waals surface area contributed by atoms with Crippen molar-refractivity contribution in [1.82, 2.24) is 15.5 Å². The standard InChI is InChI=1S/C15H30N4O/c1-4-6-9-18-15(17-5-2)19-10-7-13(8-11-19)12-14(20)16-3/h13H,4-12H2,1-3H3,(H,16,20)(H,17,18). The highest BCUT2D eigenvalue weighted by Gasteiger charge is 2.22. The third kappa shape index (κ3) is 5.80. The average Bonchev–Trinajstić information content (AvgIpc) is 2.47. The second-order valence-electron chi connectivity index (χ2n) is 5.40. The molecule has 20 heavy (non-hydrogen) atoms. The summed E-state index contributed by atoms with van der Waals surface area (Å²) in [6.07, 6.45) is 5.13. The Hall–Kier alpha value is -1.26. The summed E-state index contributed by atoms with van der Waals surface area (Å²) in [7, 11) is 1.71. The number of amides is 1. The van der Waals surface area contributed by atoms with Crippen LogP contribution in [-0.2, 0) is 4.79 Å². The highest BCUT2D eigenvalue weighted by Crippen LogP contribution is 2.20. The molecule has 1 fully saturated rings. The zero-order valence-corrected chi connectivity index (χ0v) is 13.2. The van der Waals surface area contributed by atoms with Crippen LogP contribution in [0.4, 0.5) is 0 Å². The normalized spacial score (nSPS) is 17.1. The summed E-state index contributed by atoms with van der Waals surface area (Å²) >= 11 is 0. The summed E-state index contributed by atoms with van der Waals surface area (Å²) in [6, 6.07) is 0. The quantitative estimate of drug-likeness (QED) is 0.442. The molecule has 0 aromatic rings. The van der Waals surface area contributed by atoms with E-state index in [-0.39, 0.29) is 5.91 Å². The van der Waals surface area contributed by atoms with Crippen molar-refractivity contribution in [3.63, 3.8) is 0 Å². The van der Waals surface area contributed by atoms with Crippen molar-refractivity contribution < 1.29 is 4.79 Å². The van der Waals surface area contributed by atoms with Crippen LogP contribution in [0.1, 0.15) is 46.0 Å². The number of carbonyl (C=O) groups is 1. The van der Waals surface area contributed by atoms with Gasteiger partial charge in [0.2, 0.25) is 5.91 Å². The Labute approximate surface area is 123 Å². The molecule has 0 aromatic carbocycles. The molecule has 0 unspecified atom stereocenters. The minimum absolute atomic E-state index is 0.159. The van der Waals surface area contributed by atoms with E-state index in [9.17, 15) is 4.79 Å². The molecule has 0 aromatic heterocycles. The lowest BCUT2D eigenvalue weighted by Gasteiger charge is -2.34. The van der Waals surface area contributed by atoms with E-state index in [2.05, 4.69) is 34.4 Å². The maximum Gasteiger partial charge on any atom is 0.220 e. The van der Waals surface area contributed by atoms with Crippen LogP contribution in [0.5, 0.6) is 0 Å². The highest BCUT2D eigenvalue weighted by atomic mass is 16.1. The first kappa shape index (κ1) is 16.8. The van der Waals surface area contributed by atoms with Crippen molar-refractivity contribution >= 4 is 11.9 Å². The van der Waals surface area contributed by atoms with E-state index in [0.29, 0.717) is 12.3 Å². The minimum Gasteiger partial charge on any atom is -0.359 e. The van der Waals surface area contributed by atoms with E-state index in [0.717, 1.165) is 51.4 Å². The van der Waals surface area contributed by atoms with Crippen molar-refractivity contribution in [3.05, 3.63) is 0 Å². The topological polar surface area (TPSA) is 56.7 Å². The van der Waals surface area contributed by atoms with E-state index in [4.69, 9.17) is 0 Å². The number of hydrogen-bond acceptors (Lipinski definition) is 2. The maximum atomic E-state index is 11.4. The van der Waals surface area contributed by atoms with Crippen LogP contribution < -0.4 is 10.6 Å². The SMILES string of the molecule is CCCCN=C(NCC)N1CCC(CC(=O)NC)CC1. The fraction of sp³-hybridized carbons (Fsp3) is 0.867. The fourth-order valence-electron chi connectivity index (χ4n) is 2.48. The summed E-state index contributed by atoms with van der Waals surface area (Å²) in [5.41, 5.74) is 0. The molecule has 0 bridgehead atoms. The van der Waals surface area contributed by atoms with Crippen LogP contribution >= 0.6 is 0 Å². The van der Waals surface area contributed by atoms with Gasteiger partial charge in [0.05, 0.1) is 0 Å². The van der Waals surface area contributed by atoms with Gasteiger partial charge in [-0.3, -0.25) is 9.79 Å². The predicted octanol–water partition coefficient (Wildman–Crippen LogP) is 1.60. The van der Waals surface area contributed by atoms with E-state index in [1.54, 1.807) is 7.05 Å². The Kier molecular flexibility index (Phi) is 8.07.